The molecule has 0 amide bonds. The average Bonchev–Trinajstić information content (AvgIpc) is 3.60. The van der Waals surface area contributed by atoms with E-state index in [2.05, 4.69) is 161 Å². The van der Waals surface area contributed by atoms with Crippen LogP contribution in [0, 0.1) is 34.0 Å². The molecule has 6 aliphatic rings. The molecule has 474 valence electrons. The van der Waals surface area contributed by atoms with Crippen LogP contribution in [0.1, 0.15) is 138 Å². The fourth-order valence-corrected chi connectivity index (χ4v) is 12.9. The molecule has 3 aliphatic heterocycles. The highest BCUT2D eigenvalue weighted by molar-refractivity contribution is 5.47. The second kappa shape index (κ2) is 33.9. The zero-order chi connectivity index (χ0) is 61.4. The molecular weight excluding hydrogens is 1080 g/mol. The number of ether oxygens (including phenoxy) is 12. The highest BCUT2D eigenvalue weighted by atomic mass is 16.6. The lowest BCUT2D eigenvalue weighted by Crippen LogP contribution is -2.30. The maximum atomic E-state index is 7.03. The summed E-state index contributed by atoms with van der Waals surface area (Å²) in [5.74, 6) is 4.88. The number of hydrogen-bond donors (Lipinski definition) is 0. The predicted molar refractivity (Wildman–Crippen MR) is 344 cm³/mol. The first kappa shape index (κ1) is 68.2. The number of rotatable bonds is 5. The monoisotopic (exact) mass is 1190 g/mol. The Hall–Kier alpha value is -5.30. The molecule has 0 radical (unpaired) electrons. The SMILES string of the molecule is C=C/C=C1\C=C2/CC3CCCC(C)Cc4cccc(c4OCCOCCOc4ccc(C(C)(C)CC(C)(C)C)cc4OCCOCCO2)CC2=CC=CC(C1)C2OCCOCCOC1=C=CC=C(C(C)(C)CC(C)(C)C)C=C1OCCOCCOC3. The first-order valence-electron chi connectivity index (χ1n) is 32.1. The van der Waals surface area contributed by atoms with E-state index < -0.39 is 0 Å². The van der Waals surface area contributed by atoms with Crippen molar-refractivity contribution >= 4 is 0 Å². The van der Waals surface area contributed by atoms with Crippen molar-refractivity contribution in [1.82, 2.24) is 0 Å². The summed E-state index contributed by atoms with van der Waals surface area (Å²) in [7, 11) is 0. The van der Waals surface area contributed by atoms with Gasteiger partial charge in [0.05, 0.1) is 77.9 Å². The van der Waals surface area contributed by atoms with Crippen molar-refractivity contribution in [2.75, 3.05) is 112 Å². The van der Waals surface area contributed by atoms with Crippen LogP contribution in [0.5, 0.6) is 17.2 Å². The molecule has 8 rings (SSSR count). The predicted octanol–water partition coefficient (Wildman–Crippen LogP) is 15.5. The Labute approximate surface area is 517 Å². The van der Waals surface area contributed by atoms with E-state index in [1.807, 2.05) is 18.2 Å². The van der Waals surface area contributed by atoms with Gasteiger partial charge in [-0.3, -0.25) is 0 Å². The van der Waals surface area contributed by atoms with Crippen LogP contribution in [0.3, 0.4) is 0 Å². The van der Waals surface area contributed by atoms with E-state index in [1.54, 1.807) is 0 Å². The molecule has 0 saturated heterocycles. The van der Waals surface area contributed by atoms with Gasteiger partial charge in [0, 0.05) is 18.9 Å². The van der Waals surface area contributed by atoms with E-state index in [0.29, 0.717) is 161 Å². The summed E-state index contributed by atoms with van der Waals surface area (Å²) in [5.41, 5.74) is 10.4. The molecule has 8 bridgehead atoms. The first-order valence-corrected chi connectivity index (χ1v) is 32.1. The van der Waals surface area contributed by atoms with Crippen molar-refractivity contribution in [3.63, 3.8) is 0 Å². The molecule has 86 heavy (non-hydrogen) atoms. The van der Waals surface area contributed by atoms with Gasteiger partial charge in [0.25, 0.3) is 0 Å². The van der Waals surface area contributed by atoms with Gasteiger partial charge < -0.3 is 56.8 Å². The number of fused-ring (bicyclic) bond motifs is 17. The molecule has 0 saturated carbocycles. The van der Waals surface area contributed by atoms with Crippen molar-refractivity contribution < 1.29 is 56.8 Å². The van der Waals surface area contributed by atoms with E-state index in [9.17, 15) is 0 Å². The molecule has 3 aliphatic carbocycles. The fourth-order valence-electron chi connectivity index (χ4n) is 12.9. The van der Waals surface area contributed by atoms with Crippen LogP contribution in [0.4, 0.5) is 0 Å². The van der Waals surface area contributed by atoms with Gasteiger partial charge in [0.2, 0.25) is 5.76 Å². The van der Waals surface area contributed by atoms with Gasteiger partial charge in [-0.25, -0.2) is 0 Å². The Morgan fingerprint density at radius 1 is 0.593 bits per heavy atom. The molecular formula is C74H106O12. The van der Waals surface area contributed by atoms with Crippen LogP contribution in [-0.4, -0.2) is 118 Å². The number of allylic oxidation sites excluding steroid dienone is 10. The molecule has 2 aromatic carbocycles. The number of benzene rings is 2. The van der Waals surface area contributed by atoms with Crippen molar-refractivity contribution in [2.24, 2.45) is 34.0 Å². The smallest absolute Gasteiger partial charge is 0.205 e. The zero-order valence-electron chi connectivity index (χ0n) is 54.5. The first-order chi connectivity index (χ1) is 41.2. The maximum absolute atomic E-state index is 7.03. The maximum Gasteiger partial charge on any atom is 0.205 e. The van der Waals surface area contributed by atoms with Crippen LogP contribution in [0.25, 0.3) is 0 Å². The van der Waals surface area contributed by atoms with Gasteiger partial charge in [-0.05, 0) is 136 Å². The van der Waals surface area contributed by atoms with Crippen LogP contribution in [-0.2, 0) is 60.9 Å². The summed E-state index contributed by atoms with van der Waals surface area (Å²) in [5, 5.41) is 0. The minimum atomic E-state index is -0.266. The summed E-state index contributed by atoms with van der Waals surface area (Å²) in [4.78, 5) is 0. The summed E-state index contributed by atoms with van der Waals surface area (Å²) < 4.78 is 78.0. The van der Waals surface area contributed by atoms with Crippen LogP contribution < -0.4 is 14.2 Å². The minimum Gasteiger partial charge on any atom is -0.496 e. The molecule has 0 N–H and O–H groups in total. The summed E-state index contributed by atoms with van der Waals surface area (Å²) in [6, 6.07) is 13.0. The van der Waals surface area contributed by atoms with Gasteiger partial charge >= 0.3 is 0 Å². The van der Waals surface area contributed by atoms with Crippen molar-refractivity contribution in [3.05, 3.63) is 154 Å². The molecule has 4 atom stereocenters. The molecule has 2 aromatic rings. The normalized spacial score (nSPS) is 24.5. The lowest BCUT2D eigenvalue weighted by Gasteiger charge is -2.33. The Bertz CT molecular complexity index is 2720. The van der Waals surface area contributed by atoms with E-state index in [1.165, 1.54) is 16.7 Å². The van der Waals surface area contributed by atoms with Gasteiger partial charge in [-0.1, -0.05) is 162 Å². The number of para-hydroxylation sites is 1. The Morgan fingerprint density at radius 2 is 1.22 bits per heavy atom. The fraction of sp³-hybridized carbons (Fsp3) is 0.608. The summed E-state index contributed by atoms with van der Waals surface area (Å²) in [6.07, 6.45) is 26.7. The minimum absolute atomic E-state index is 0.0172. The third-order valence-electron chi connectivity index (χ3n) is 16.1. The summed E-state index contributed by atoms with van der Waals surface area (Å²) >= 11 is 0. The standard InChI is InChI=1S/C74H106O12/c1-13-18-56-46-59-22-16-24-61-49-60-23-15-21-58-45-55(2)19-14-20-57(52-79-30-29-75-34-41-83-67-50-62(73(9,10)53-71(3,4)5)25-17-26-65(67)81-39-32-77-37-44-86-70(59)61)48-64(47-56)80-38-31-76-35-42-84-68-51-63(74(11,12)54-72(6,7)8)27-28-66(68)82-40-33-78-36-43-85-69(58)60/h13,15-18,21-25,27-28,47,50-51,55,57,59,70H,1,14,19-20,29-46,48-49,52-54H2,2-12H3/b56-18-,64-47+. The largest absolute Gasteiger partial charge is 0.496 e. The molecule has 0 aromatic heterocycles. The van der Waals surface area contributed by atoms with E-state index in [4.69, 9.17) is 56.8 Å². The Morgan fingerprint density at radius 3 is 1.94 bits per heavy atom. The average molecular weight is 1190 g/mol. The third kappa shape index (κ3) is 23.0. The molecule has 4 unspecified atom stereocenters. The highest BCUT2D eigenvalue weighted by Gasteiger charge is 2.32. The van der Waals surface area contributed by atoms with E-state index in [-0.39, 0.29) is 39.6 Å². The summed E-state index contributed by atoms with van der Waals surface area (Å²) in [6.45, 7) is 36.0. The van der Waals surface area contributed by atoms with Gasteiger partial charge in [0.15, 0.2) is 17.3 Å². The van der Waals surface area contributed by atoms with Crippen LogP contribution >= 0.6 is 0 Å². The lowest BCUT2D eigenvalue weighted by atomic mass is 9.71. The number of hydrogen-bond acceptors (Lipinski definition) is 12. The van der Waals surface area contributed by atoms with E-state index in [0.717, 1.165) is 66.7 Å². The van der Waals surface area contributed by atoms with Crippen LogP contribution in [0.2, 0.25) is 0 Å². The lowest BCUT2D eigenvalue weighted by molar-refractivity contribution is -0.00856. The highest BCUT2D eigenvalue weighted by Crippen LogP contribution is 2.43. The second-order valence-electron chi connectivity index (χ2n) is 27.6. The van der Waals surface area contributed by atoms with Crippen molar-refractivity contribution in [2.45, 2.75) is 145 Å². The van der Waals surface area contributed by atoms with Crippen LogP contribution in [0.15, 0.2) is 137 Å². The molecule has 12 heteroatoms. The molecule has 0 spiro atoms. The Balaban J connectivity index is 1.19. The van der Waals surface area contributed by atoms with E-state index >= 15 is 0 Å². The van der Waals surface area contributed by atoms with Crippen molar-refractivity contribution in [1.29, 1.82) is 0 Å². The zero-order valence-corrected chi connectivity index (χ0v) is 54.5. The third-order valence-corrected chi connectivity index (χ3v) is 16.1. The molecule has 0 fully saturated rings. The van der Waals surface area contributed by atoms with Gasteiger partial charge in [-0.15, -0.1) is 0 Å². The Kier molecular flexibility index (Phi) is 26.9. The molecule has 3 heterocycles. The quantitative estimate of drug-likeness (QED) is 0.210. The topological polar surface area (TPSA) is 111 Å². The van der Waals surface area contributed by atoms with Crippen molar-refractivity contribution in [3.8, 4) is 17.2 Å². The van der Waals surface area contributed by atoms with Gasteiger partial charge in [0.1, 0.15) is 45.4 Å². The molecule has 12 nitrogen and oxygen atoms in total. The van der Waals surface area contributed by atoms with Gasteiger partial charge in [-0.2, -0.15) is 0 Å². The second-order valence-corrected chi connectivity index (χ2v) is 27.6.